The summed E-state index contributed by atoms with van der Waals surface area (Å²) in [4.78, 5) is 36.8. The monoisotopic (exact) mass is 393 g/mol. The van der Waals surface area contributed by atoms with Gasteiger partial charge in [0, 0.05) is 22.5 Å². The Bertz CT molecular complexity index is 1020. The maximum absolute atomic E-state index is 12.1. The minimum atomic E-state index is -0.516. The highest BCUT2D eigenvalue weighted by Crippen LogP contribution is 2.45. The van der Waals surface area contributed by atoms with Gasteiger partial charge in [-0.2, -0.15) is 0 Å². The van der Waals surface area contributed by atoms with E-state index >= 15 is 0 Å². The number of anilines is 2. The van der Waals surface area contributed by atoms with Crippen molar-refractivity contribution < 1.29 is 19.1 Å². The number of nitrogens with one attached hydrogen (secondary N) is 1. The van der Waals surface area contributed by atoms with Crippen molar-refractivity contribution in [2.75, 3.05) is 23.4 Å². The Labute approximate surface area is 168 Å². The number of nitrogens with zero attached hydrogens (tertiary/aromatic N) is 1. The Kier molecular flexibility index (Phi) is 4.53. The van der Waals surface area contributed by atoms with Gasteiger partial charge in [0.1, 0.15) is 12.9 Å². The molecule has 0 aromatic heterocycles. The van der Waals surface area contributed by atoms with Gasteiger partial charge in [-0.25, -0.2) is 4.79 Å². The van der Waals surface area contributed by atoms with Crippen molar-refractivity contribution in [3.63, 3.8) is 0 Å². The quantitative estimate of drug-likeness (QED) is 0.776. The molecule has 2 aliphatic rings. The van der Waals surface area contributed by atoms with E-state index in [0.29, 0.717) is 36.4 Å². The number of primary amides is 1. The zero-order chi connectivity index (χ0) is 20.8. The van der Waals surface area contributed by atoms with Gasteiger partial charge in [-0.05, 0) is 59.4 Å². The summed E-state index contributed by atoms with van der Waals surface area (Å²) in [6.07, 6.45) is 1.13. The van der Waals surface area contributed by atoms with E-state index in [2.05, 4.69) is 19.2 Å². The summed E-state index contributed by atoms with van der Waals surface area (Å²) in [5.41, 5.74) is 9.84. The largest absolute Gasteiger partial charge is 0.447 e. The van der Waals surface area contributed by atoms with Crippen LogP contribution in [0.4, 0.5) is 16.2 Å². The lowest BCUT2D eigenvalue weighted by Gasteiger charge is -2.39. The maximum atomic E-state index is 12.1. The third-order valence-corrected chi connectivity index (χ3v) is 5.70. The van der Waals surface area contributed by atoms with Gasteiger partial charge in [0.2, 0.25) is 5.91 Å². The summed E-state index contributed by atoms with van der Waals surface area (Å²) in [7, 11) is 0. The SMILES string of the molecule is CC1(C)CC(c2cc(N3CCOC3=O)ccc2C(N)=O)Nc2ccc(C=O)cc21. The van der Waals surface area contributed by atoms with Gasteiger partial charge in [-0.3, -0.25) is 14.5 Å². The third-order valence-electron chi connectivity index (χ3n) is 5.70. The van der Waals surface area contributed by atoms with Crippen LogP contribution in [0.3, 0.4) is 0 Å². The van der Waals surface area contributed by atoms with Crippen LogP contribution in [0.15, 0.2) is 36.4 Å². The molecule has 2 aromatic rings. The molecule has 0 spiro atoms. The Morgan fingerprint density at radius 2 is 2.07 bits per heavy atom. The number of ether oxygens (including phenoxy) is 1. The molecule has 0 aliphatic carbocycles. The van der Waals surface area contributed by atoms with Gasteiger partial charge in [0.05, 0.1) is 12.6 Å². The molecule has 0 radical (unpaired) electrons. The summed E-state index contributed by atoms with van der Waals surface area (Å²) in [5.74, 6) is -0.516. The number of nitrogens with two attached hydrogens (primary N) is 1. The van der Waals surface area contributed by atoms with Gasteiger partial charge in [0.25, 0.3) is 0 Å². The Hall–Kier alpha value is -3.35. The highest BCUT2D eigenvalue weighted by Gasteiger charge is 2.35. The van der Waals surface area contributed by atoms with E-state index in [9.17, 15) is 14.4 Å². The van der Waals surface area contributed by atoms with Crippen molar-refractivity contribution in [3.8, 4) is 0 Å². The van der Waals surface area contributed by atoms with Crippen LogP contribution in [0.5, 0.6) is 0 Å². The Balaban J connectivity index is 1.78. The summed E-state index contributed by atoms with van der Waals surface area (Å²) in [6.45, 7) is 5.03. The second-order valence-corrected chi connectivity index (χ2v) is 8.11. The number of carbonyl (C=O) groups is 3. The minimum absolute atomic E-state index is 0.180. The van der Waals surface area contributed by atoms with Crippen molar-refractivity contribution in [3.05, 3.63) is 58.7 Å². The van der Waals surface area contributed by atoms with E-state index < -0.39 is 12.0 Å². The molecule has 1 atom stereocenters. The highest BCUT2D eigenvalue weighted by atomic mass is 16.6. The molecule has 2 amide bonds. The molecule has 1 saturated heterocycles. The van der Waals surface area contributed by atoms with Gasteiger partial charge >= 0.3 is 6.09 Å². The van der Waals surface area contributed by atoms with Crippen LogP contribution in [0.1, 0.15) is 58.2 Å². The molecule has 1 fully saturated rings. The van der Waals surface area contributed by atoms with Gasteiger partial charge in [-0.15, -0.1) is 0 Å². The van der Waals surface area contributed by atoms with E-state index in [1.807, 2.05) is 18.2 Å². The second kappa shape index (κ2) is 6.92. The van der Waals surface area contributed by atoms with Gasteiger partial charge in [0.15, 0.2) is 0 Å². The summed E-state index contributed by atoms with van der Waals surface area (Å²) >= 11 is 0. The molecular formula is C22H23N3O4. The zero-order valence-electron chi connectivity index (χ0n) is 16.4. The Morgan fingerprint density at radius 3 is 2.72 bits per heavy atom. The van der Waals surface area contributed by atoms with E-state index in [1.54, 1.807) is 23.1 Å². The van der Waals surface area contributed by atoms with Crippen LogP contribution in [-0.2, 0) is 10.2 Å². The number of aldehydes is 1. The number of cyclic esters (lactones) is 1. The van der Waals surface area contributed by atoms with Crippen LogP contribution >= 0.6 is 0 Å². The molecule has 2 aliphatic heterocycles. The summed E-state index contributed by atoms with van der Waals surface area (Å²) in [5, 5.41) is 3.49. The molecular weight excluding hydrogens is 370 g/mol. The summed E-state index contributed by atoms with van der Waals surface area (Å²) < 4.78 is 5.04. The van der Waals surface area contributed by atoms with Gasteiger partial charge in [-0.1, -0.05) is 13.8 Å². The standard InChI is InChI=1S/C22H23N3O4/c1-22(2)11-19(24-18-6-3-13(12-26)9-17(18)22)16-10-14(4-5-15(16)20(23)27)25-7-8-29-21(25)28/h3-6,9-10,12,19,24H,7-8,11H2,1-2H3,(H2,23,27). The minimum Gasteiger partial charge on any atom is -0.447 e. The first-order valence-corrected chi connectivity index (χ1v) is 9.54. The number of carbonyl (C=O) groups excluding carboxylic acids is 3. The summed E-state index contributed by atoms with van der Waals surface area (Å²) in [6, 6.07) is 10.6. The average molecular weight is 393 g/mol. The normalized spacial score (nSPS) is 19.9. The first-order valence-electron chi connectivity index (χ1n) is 9.54. The van der Waals surface area contributed by atoms with E-state index in [1.165, 1.54) is 0 Å². The molecule has 1 unspecified atom stereocenters. The fraction of sp³-hybridized carbons (Fsp3) is 0.318. The lowest BCUT2D eigenvalue weighted by molar-refractivity contribution is 0.0998. The van der Waals surface area contributed by atoms with Crippen molar-refractivity contribution in [2.24, 2.45) is 5.73 Å². The average Bonchev–Trinajstić information content (AvgIpc) is 3.12. The van der Waals surface area contributed by atoms with Crippen LogP contribution in [-0.4, -0.2) is 31.4 Å². The van der Waals surface area contributed by atoms with E-state index in [0.717, 1.165) is 23.1 Å². The fourth-order valence-electron chi connectivity index (χ4n) is 4.23. The lowest BCUT2D eigenvalue weighted by atomic mass is 9.73. The van der Waals surface area contributed by atoms with Crippen LogP contribution in [0.25, 0.3) is 0 Å². The fourth-order valence-corrected chi connectivity index (χ4v) is 4.23. The highest BCUT2D eigenvalue weighted by molar-refractivity contribution is 5.96. The van der Waals surface area contributed by atoms with Crippen LogP contribution in [0.2, 0.25) is 0 Å². The lowest BCUT2D eigenvalue weighted by Crippen LogP contribution is -2.33. The third kappa shape index (κ3) is 3.33. The van der Waals surface area contributed by atoms with Crippen molar-refractivity contribution in [1.29, 1.82) is 0 Å². The van der Waals surface area contributed by atoms with E-state index in [4.69, 9.17) is 10.5 Å². The van der Waals surface area contributed by atoms with Crippen LogP contribution < -0.4 is 16.0 Å². The molecule has 4 rings (SSSR count). The number of fused-ring (bicyclic) bond motifs is 1. The van der Waals surface area contributed by atoms with Crippen LogP contribution in [0, 0.1) is 0 Å². The molecule has 3 N–H and O–H groups in total. The molecule has 2 aromatic carbocycles. The molecule has 0 saturated carbocycles. The molecule has 7 heteroatoms. The predicted molar refractivity (Wildman–Crippen MR) is 109 cm³/mol. The van der Waals surface area contributed by atoms with Crippen molar-refractivity contribution >= 4 is 29.7 Å². The van der Waals surface area contributed by atoms with E-state index in [-0.39, 0.29) is 11.5 Å². The number of benzene rings is 2. The van der Waals surface area contributed by atoms with Crippen molar-refractivity contribution in [2.45, 2.75) is 31.7 Å². The molecule has 2 heterocycles. The number of hydrogen-bond donors (Lipinski definition) is 2. The first-order chi connectivity index (χ1) is 13.8. The number of amides is 2. The Morgan fingerprint density at radius 1 is 1.28 bits per heavy atom. The number of hydrogen-bond acceptors (Lipinski definition) is 5. The maximum Gasteiger partial charge on any atom is 0.414 e. The topological polar surface area (TPSA) is 102 Å². The molecule has 0 bridgehead atoms. The second-order valence-electron chi connectivity index (χ2n) is 8.11. The van der Waals surface area contributed by atoms with Crippen molar-refractivity contribution in [1.82, 2.24) is 0 Å². The first kappa shape index (κ1) is 19.0. The van der Waals surface area contributed by atoms with Gasteiger partial charge < -0.3 is 15.8 Å². The number of rotatable bonds is 4. The smallest absolute Gasteiger partial charge is 0.414 e. The molecule has 150 valence electrons. The zero-order valence-corrected chi connectivity index (χ0v) is 16.4. The molecule has 7 nitrogen and oxygen atoms in total. The predicted octanol–water partition coefficient (Wildman–Crippen LogP) is 3.39. The molecule has 29 heavy (non-hydrogen) atoms.